The molecule has 3 rings (SSSR count). The highest BCUT2D eigenvalue weighted by Gasteiger charge is 2.60. The second-order valence-corrected chi connectivity index (χ2v) is 4.88. The van der Waals surface area contributed by atoms with Crippen LogP contribution in [0.4, 0.5) is 13.2 Å². The molecule has 2 aromatic rings. The first-order chi connectivity index (χ1) is 9.76. The first kappa shape index (κ1) is 13.6. The fraction of sp³-hybridized carbons (Fsp3) is 0.133. The summed E-state index contributed by atoms with van der Waals surface area (Å²) < 4.78 is 40.3. The minimum Gasteiger partial charge on any atom is -0.372 e. The first-order valence-corrected chi connectivity index (χ1v) is 6.10. The number of halogens is 3. The highest BCUT2D eigenvalue weighted by atomic mass is 19.4. The van der Waals surface area contributed by atoms with Crippen molar-refractivity contribution in [2.45, 2.75) is 11.8 Å². The number of fused-ring (bicyclic) bond motifs is 3. The number of alkyl halides is 3. The van der Waals surface area contributed by atoms with Gasteiger partial charge >= 0.3 is 6.18 Å². The predicted molar refractivity (Wildman–Crippen MR) is 69.4 cm³/mol. The molecule has 108 valence electrons. The Hall–Kier alpha value is -2.34. The van der Waals surface area contributed by atoms with Crippen molar-refractivity contribution in [3.63, 3.8) is 0 Å². The van der Waals surface area contributed by atoms with E-state index >= 15 is 0 Å². The Kier molecular flexibility index (Phi) is 2.65. The lowest BCUT2D eigenvalue weighted by Crippen LogP contribution is -2.41. The summed E-state index contributed by atoms with van der Waals surface area (Å²) in [6.45, 7) is 0. The number of carbonyl (C=O) groups excluding carboxylic acids is 1. The maximum atomic E-state index is 13.4. The van der Waals surface area contributed by atoms with Gasteiger partial charge < -0.3 is 10.8 Å². The van der Waals surface area contributed by atoms with Crippen LogP contribution in [0, 0.1) is 0 Å². The van der Waals surface area contributed by atoms with Crippen LogP contribution >= 0.6 is 0 Å². The molecule has 1 atom stereocenters. The Labute approximate surface area is 117 Å². The van der Waals surface area contributed by atoms with E-state index in [0.29, 0.717) is 0 Å². The lowest BCUT2D eigenvalue weighted by molar-refractivity contribution is -0.246. The van der Waals surface area contributed by atoms with Crippen molar-refractivity contribution in [1.29, 1.82) is 0 Å². The molecule has 1 amide bonds. The summed E-state index contributed by atoms with van der Waals surface area (Å²) >= 11 is 0. The van der Waals surface area contributed by atoms with Gasteiger partial charge in [-0.25, -0.2) is 0 Å². The SMILES string of the molecule is NC(=O)c1ccc2c(c1)-c1ccccc1C2(O)C(F)(F)F. The van der Waals surface area contributed by atoms with Gasteiger partial charge in [-0.05, 0) is 23.3 Å². The maximum absolute atomic E-state index is 13.4. The van der Waals surface area contributed by atoms with Gasteiger partial charge in [0.05, 0.1) is 0 Å². The van der Waals surface area contributed by atoms with Gasteiger partial charge in [0.2, 0.25) is 11.5 Å². The van der Waals surface area contributed by atoms with E-state index < -0.39 is 17.7 Å². The zero-order valence-electron chi connectivity index (χ0n) is 10.6. The number of hydrogen-bond donors (Lipinski definition) is 2. The van der Waals surface area contributed by atoms with E-state index in [1.54, 1.807) is 6.07 Å². The predicted octanol–water partition coefficient (Wildman–Crippen LogP) is 2.56. The molecular formula is C15H10F3NO2. The third-order valence-corrected chi connectivity index (χ3v) is 3.71. The number of hydrogen-bond acceptors (Lipinski definition) is 2. The third-order valence-electron chi connectivity index (χ3n) is 3.71. The summed E-state index contributed by atoms with van der Waals surface area (Å²) in [5.41, 5.74) is 2.06. The number of nitrogens with two attached hydrogens (primary N) is 1. The monoisotopic (exact) mass is 293 g/mol. The highest BCUT2D eigenvalue weighted by molar-refractivity contribution is 5.95. The summed E-state index contributed by atoms with van der Waals surface area (Å²) in [4.78, 5) is 11.2. The van der Waals surface area contributed by atoms with E-state index in [4.69, 9.17) is 5.73 Å². The Balaban J connectivity index is 2.37. The topological polar surface area (TPSA) is 63.3 Å². The van der Waals surface area contributed by atoms with Gasteiger partial charge in [0.15, 0.2) is 0 Å². The molecule has 3 nitrogen and oxygen atoms in total. The largest absolute Gasteiger partial charge is 0.425 e. The molecule has 2 aromatic carbocycles. The van der Waals surface area contributed by atoms with Crippen molar-refractivity contribution in [2.24, 2.45) is 5.73 Å². The quantitative estimate of drug-likeness (QED) is 0.848. The van der Waals surface area contributed by atoms with Crippen LogP contribution in [0.1, 0.15) is 21.5 Å². The van der Waals surface area contributed by atoms with Crippen LogP contribution in [0.2, 0.25) is 0 Å². The number of rotatable bonds is 1. The van der Waals surface area contributed by atoms with Crippen molar-refractivity contribution in [2.75, 3.05) is 0 Å². The Morgan fingerprint density at radius 1 is 1.05 bits per heavy atom. The molecule has 0 bridgehead atoms. The smallest absolute Gasteiger partial charge is 0.372 e. The molecule has 0 heterocycles. The van der Waals surface area contributed by atoms with Gasteiger partial charge in [-0.2, -0.15) is 13.2 Å². The summed E-state index contributed by atoms with van der Waals surface area (Å²) in [6.07, 6.45) is -4.87. The molecule has 3 N–H and O–H groups in total. The Morgan fingerprint density at radius 3 is 2.29 bits per heavy atom. The van der Waals surface area contributed by atoms with E-state index in [2.05, 4.69) is 0 Å². The van der Waals surface area contributed by atoms with Gasteiger partial charge in [0.25, 0.3) is 0 Å². The van der Waals surface area contributed by atoms with E-state index in [0.717, 1.165) is 6.07 Å². The molecule has 6 heteroatoms. The highest BCUT2D eigenvalue weighted by Crippen LogP contribution is 2.54. The number of aliphatic hydroxyl groups is 1. The normalized spacial score (nSPS) is 20.0. The average molecular weight is 293 g/mol. The van der Waals surface area contributed by atoms with Gasteiger partial charge in [0.1, 0.15) is 0 Å². The zero-order valence-corrected chi connectivity index (χ0v) is 10.6. The zero-order chi connectivity index (χ0) is 15.4. The third kappa shape index (κ3) is 1.69. The van der Waals surface area contributed by atoms with Crippen LogP contribution in [0.5, 0.6) is 0 Å². The van der Waals surface area contributed by atoms with Crippen LogP contribution < -0.4 is 5.73 Å². The molecule has 0 saturated heterocycles. The van der Waals surface area contributed by atoms with Gasteiger partial charge in [0, 0.05) is 16.7 Å². The van der Waals surface area contributed by atoms with Gasteiger partial charge in [-0.15, -0.1) is 0 Å². The molecule has 1 aliphatic rings. The fourth-order valence-corrected chi connectivity index (χ4v) is 2.72. The molecule has 0 aliphatic heterocycles. The van der Waals surface area contributed by atoms with E-state index in [1.165, 1.54) is 30.3 Å². The number of carbonyl (C=O) groups is 1. The van der Waals surface area contributed by atoms with Crippen molar-refractivity contribution in [3.05, 3.63) is 59.2 Å². The van der Waals surface area contributed by atoms with Crippen molar-refractivity contribution >= 4 is 5.91 Å². The van der Waals surface area contributed by atoms with Crippen molar-refractivity contribution < 1.29 is 23.1 Å². The van der Waals surface area contributed by atoms with E-state index in [-0.39, 0.29) is 27.8 Å². The summed E-state index contributed by atoms with van der Waals surface area (Å²) in [5, 5.41) is 10.3. The maximum Gasteiger partial charge on any atom is 0.425 e. The summed E-state index contributed by atoms with van der Waals surface area (Å²) in [5.74, 6) is -0.738. The first-order valence-electron chi connectivity index (χ1n) is 6.10. The second-order valence-electron chi connectivity index (χ2n) is 4.88. The van der Waals surface area contributed by atoms with Crippen LogP contribution in [0.25, 0.3) is 11.1 Å². The molecule has 0 saturated carbocycles. The van der Waals surface area contributed by atoms with E-state index in [9.17, 15) is 23.1 Å². The van der Waals surface area contributed by atoms with Crippen LogP contribution in [-0.4, -0.2) is 17.2 Å². The summed E-state index contributed by atoms with van der Waals surface area (Å²) in [7, 11) is 0. The molecule has 0 fully saturated rings. The average Bonchev–Trinajstić information content (AvgIpc) is 2.70. The number of benzene rings is 2. The van der Waals surface area contributed by atoms with E-state index in [1.807, 2.05) is 0 Å². The minimum atomic E-state index is -4.87. The van der Waals surface area contributed by atoms with Crippen LogP contribution in [0.3, 0.4) is 0 Å². The molecule has 0 aromatic heterocycles. The Morgan fingerprint density at radius 2 is 1.67 bits per heavy atom. The number of amides is 1. The second kappa shape index (κ2) is 4.08. The number of primary amides is 1. The van der Waals surface area contributed by atoms with Crippen molar-refractivity contribution in [1.82, 2.24) is 0 Å². The molecule has 1 unspecified atom stereocenters. The minimum absolute atomic E-state index is 0.0926. The molecule has 1 aliphatic carbocycles. The lowest BCUT2D eigenvalue weighted by atomic mass is 9.90. The van der Waals surface area contributed by atoms with Gasteiger partial charge in [-0.1, -0.05) is 30.3 Å². The van der Waals surface area contributed by atoms with Gasteiger partial charge in [-0.3, -0.25) is 4.79 Å². The fourth-order valence-electron chi connectivity index (χ4n) is 2.72. The van der Waals surface area contributed by atoms with Crippen molar-refractivity contribution in [3.8, 4) is 11.1 Å². The molecule has 21 heavy (non-hydrogen) atoms. The summed E-state index contributed by atoms with van der Waals surface area (Å²) in [6, 6.07) is 9.26. The molecule has 0 radical (unpaired) electrons. The molecular weight excluding hydrogens is 283 g/mol. The Bertz CT molecular complexity index is 755. The standard InChI is InChI=1S/C15H10F3NO2/c16-15(17,18)14(21)11-4-2-1-3-9(11)10-7-8(13(19)20)5-6-12(10)14/h1-7,21H,(H2,19,20). The lowest BCUT2D eigenvalue weighted by Gasteiger charge is -2.28. The molecule has 0 spiro atoms. The van der Waals surface area contributed by atoms with Crippen LogP contribution in [-0.2, 0) is 5.60 Å². The van der Waals surface area contributed by atoms with Crippen LogP contribution in [0.15, 0.2) is 42.5 Å².